The lowest BCUT2D eigenvalue weighted by molar-refractivity contribution is -0.118. The van der Waals surface area contributed by atoms with Crippen LogP contribution in [0.3, 0.4) is 0 Å². The Labute approximate surface area is 197 Å². The molecule has 4 rings (SSSR count). The number of hydrogen-bond donors (Lipinski definition) is 1. The minimum atomic E-state index is -0.253. The van der Waals surface area contributed by atoms with Gasteiger partial charge in [-0.2, -0.15) is 0 Å². The van der Waals surface area contributed by atoms with Gasteiger partial charge >= 0.3 is 0 Å². The molecule has 7 nitrogen and oxygen atoms in total. The number of nitrogens with one attached hydrogen (secondary N) is 1. The Bertz CT molecular complexity index is 1090. The Morgan fingerprint density at radius 2 is 1.73 bits per heavy atom. The summed E-state index contributed by atoms with van der Waals surface area (Å²) in [5, 5.41) is 3.26. The summed E-state index contributed by atoms with van der Waals surface area (Å²) in [7, 11) is 0. The number of nitrogens with zero attached hydrogens (tertiary/aromatic N) is 3. The number of ether oxygens (including phenoxy) is 1. The Morgan fingerprint density at radius 3 is 2.48 bits per heavy atom. The minimum absolute atomic E-state index is 0.0498. The van der Waals surface area contributed by atoms with Crippen LogP contribution in [0.4, 0.5) is 11.5 Å². The van der Waals surface area contributed by atoms with E-state index < -0.39 is 0 Å². The molecular weight excluding hydrogens is 440 g/mol. The van der Waals surface area contributed by atoms with Gasteiger partial charge in [-0.1, -0.05) is 41.9 Å². The molecule has 1 aliphatic rings. The molecule has 0 spiro atoms. The summed E-state index contributed by atoms with van der Waals surface area (Å²) in [6.07, 6.45) is 2.46. The summed E-state index contributed by atoms with van der Waals surface area (Å²) in [6.45, 7) is 2.63. The van der Waals surface area contributed by atoms with Gasteiger partial charge in [0.25, 0.3) is 11.8 Å². The van der Waals surface area contributed by atoms with Crippen LogP contribution >= 0.6 is 11.6 Å². The highest BCUT2D eigenvalue weighted by Gasteiger charge is 2.22. The summed E-state index contributed by atoms with van der Waals surface area (Å²) >= 11 is 6.20. The number of carbonyl (C=O) groups excluding carboxylic acids is 2. The van der Waals surface area contributed by atoms with Crippen LogP contribution in [0, 0.1) is 0 Å². The van der Waals surface area contributed by atoms with E-state index in [1.54, 1.807) is 30.5 Å². The summed E-state index contributed by atoms with van der Waals surface area (Å²) in [4.78, 5) is 33.5. The standard InChI is InChI=1S/C25H25ClN4O3/c26-22-10-5-4-9-21(22)25(32)30-14-6-13-29(15-16-30)23-12-11-19(17-27-23)28-24(31)18-33-20-7-2-1-3-8-20/h1-5,7-12,17H,6,13-16,18H2,(H,28,31). The molecule has 1 fully saturated rings. The fourth-order valence-electron chi connectivity index (χ4n) is 3.66. The monoisotopic (exact) mass is 464 g/mol. The molecule has 8 heteroatoms. The third-order valence-corrected chi connectivity index (χ3v) is 5.69. The van der Waals surface area contributed by atoms with Crippen LogP contribution in [-0.2, 0) is 4.79 Å². The molecule has 1 aliphatic heterocycles. The van der Waals surface area contributed by atoms with Gasteiger partial charge in [-0.3, -0.25) is 9.59 Å². The third kappa shape index (κ3) is 6.02. The van der Waals surface area contributed by atoms with E-state index >= 15 is 0 Å². The highest BCUT2D eigenvalue weighted by molar-refractivity contribution is 6.33. The molecule has 1 saturated heterocycles. The van der Waals surface area contributed by atoms with Gasteiger partial charge in [0.1, 0.15) is 11.6 Å². The number of pyridine rings is 1. The zero-order chi connectivity index (χ0) is 23.0. The van der Waals surface area contributed by atoms with E-state index in [2.05, 4.69) is 15.2 Å². The number of carbonyl (C=O) groups is 2. The SMILES string of the molecule is O=C(COc1ccccc1)Nc1ccc(N2CCCN(C(=O)c3ccccc3Cl)CC2)nc1. The van der Waals surface area contributed by atoms with Crippen molar-refractivity contribution in [2.75, 3.05) is 43.0 Å². The molecule has 0 radical (unpaired) electrons. The van der Waals surface area contributed by atoms with Crippen LogP contribution in [-0.4, -0.2) is 54.5 Å². The second-order valence-corrected chi connectivity index (χ2v) is 8.07. The number of aromatic nitrogens is 1. The van der Waals surface area contributed by atoms with Gasteiger partial charge in [-0.05, 0) is 42.8 Å². The summed E-state index contributed by atoms with van der Waals surface area (Å²) in [5.41, 5.74) is 1.13. The minimum Gasteiger partial charge on any atom is -0.484 e. The van der Waals surface area contributed by atoms with Gasteiger partial charge in [0.05, 0.1) is 22.5 Å². The number of benzene rings is 2. The smallest absolute Gasteiger partial charge is 0.262 e. The normalized spacial score (nSPS) is 13.8. The van der Waals surface area contributed by atoms with Crippen LogP contribution in [0.2, 0.25) is 5.02 Å². The number of rotatable bonds is 6. The van der Waals surface area contributed by atoms with Crippen molar-refractivity contribution in [1.29, 1.82) is 0 Å². The molecule has 0 unspecified atom stereocenters. The summed E-state index contributed by atoms with van der Waals surface area (Å²) in [6, 6.07) is 20.0. The van der Waals surface area contributed by atoms with E-state index in [9.17, 15) is 9.59 Å². The fourth-order valence-corrected chi connectivity index (χ4v) is 3.88. The maximum atomic E-state index is 12.9. The van der Waals surface area contributed by atoms with Crippen LogP contribution in [0.25, 0.3) is 0 Å². The summed E-state index contributed by atoms with van der Waals surface area (Å²) in [5.74, 6) is 1.15. The maximum Gasteiger partial charge on any atom is 0.262 e. The second-order valence-electron chi connectivity index (χ2n) is 7.67. The average Bonchev–Trinajstić information content (AvgIpc) is 3.10. The van der Waals surface area contributed by atoms with E-state index in [1.807, 2.05) is 47.4 Å². The first kappa shape index (κ1) is 22.6. The first-order valence-corrected chi connectivity index (χ1v) is 11.2. The number of anilines is 2. The first-order chi connectivity index (χ1) is 16.1. The van der Waals surface area contributed by atoms with Crippen molar-refractivity contribution in [1.82, 2.24) is 9.88 Å². The third-order valence-electron chi connectivity index (χ3n) is 5.36. The summed E-state index contributed by atoms with van der Waals surface area (Å²) < 4.78 is 5.46. The Balaban J connectivity index is 1.30. The van der Waals surface area contributed by atoms with Crippen molar-refractivity contribution in [3.8, 4) is 5.75 Å². The number of hydrogen-bond acceptors (Lipinski definition) is 5. The van der Waals surface area contributed by atoms with Crippen molar-refractivity contribution in [3.63, 3.8) is 0 Å². The average molecular weight is 465 g/mol. The van der Waals surface area contributed by atoms with E-state index in [0.29, 0.717) is 41.7 Å². The second kappa shape index (κ2) is 10.8. The Morgan fingerprint density at radius 1 is 0.939 bits per heavy atom. The molecule has 3 aromatic rings. The highest BCUT2D eigenvalue weighted by atomic mass is 35.5. The van der Waals surface area contributed by atoms with Crippen molar-refractivity contribution in [2.45, 2.75) is 6.42 Å². The molecule has 2 amide bonds. The first-order valence-electron chi connectivity index (χ1n) is 10.8. The van der Waals surface area contributed by atoms with Gasteiger partial charge in [0.2, 0.25) is 0 Å². The van der Waals surface area contributed by atoms with Crippen LogP contribution in [0.5, 0.6) is 5.75 Å². The van der Waals surface area contributed by atoms with Gasteiger partial charge in [0, 0.05) is 26.2 Å². The molecule has 0 saturated carbocycles. The van der Waals surface area contributed by atoms with Gasteiger partial charge in [-0.15, -0.1) is 0 Å². The molecule has 170 valence electrons. The van der Waals surface area contributed by atoms with Gasteiger partial charge in [-0.25, -0.2) is 4.98 Å². The highest BCUT2D eigenvalue weighted by Crippen LogP contribution is 2.20. The van der Waals surface area contributed by atoms with E-state index in [0.717, 1.165) is 18.8 Å². The Hall–Kier alpha value is -3.58. The molecule has 0 atom stereocenters. The van der Waals surface area contributed by atoms with E-state index in [-0.39, 0.29) is 18.4 Å². The number of halogens is 1. The molecule has 2 heterocycles. The van der Waals surface area contributed by atoms with Crippen molar-refractivity contribution in [3.05, 3.63) is 83.5 Å². The number of amides is 2. The molecular formula is C25H25ClN4O3. The Kier molecular flexibility index (Phi) is 7.42. The van der Waals surface area contributed by atoms with E-state index in [1.165, 1.54) is 0 Å². The molecule has 0 bridgehead atoms. The zero-order valence-electron chi connectivity index (χ0n) is 18.1. The molecule has 33 heavy (non-hydrogen) atoms. The largest absolute Gasteiger partial charge is 0.484 e. The fraction of sp³-hybridized carbons (Fsp3) is 0.240. The quantitative estimate of drug-likeness (QED) is 0.594. The predicted octanol–water partition coefficient (Wildman–Crippen LogP) is 4.11. The van der Waals surface area contributed by atoms with E-state index in [4.69, 9.17) is 16.3 Å². The lowest BCUT2D eigenvalue weighted by Gasteiger charge is -2.23. The molecule has 2 aromatic carbocycles. The molecule has 1 aromatic heterocycles. The molecule has 1 N–H and O–H groups in total. The number of para-hydroxylation sites is 1. The van der Waals surface area contributed by atoms with Crippen molar-refractivity contribution in [2.24, 2.45) is 0 Å². The van der Waals surface area contributed by atoms with Gasteiger partial charge in [0.15, 0.2) is 6.61 Å². The van der Waals surface area contributed by atoms with Crippen molar-refractivity contribution < 1.29 is 14.3 Å². The zero-order valence-corrected chi connectivity index (χ0v) is 18.9. The van der Waals surface area contributed by atoms with Crippen LogP contribution in [0.15, 0.2) is 72.9 Å². The predicted molar refractivity (Wildman–Crippen MR) is 129 cm³/mol. The van der Waals surface area contributed by atoms with Gasteiger partial charge < -0.3 is 19.9 Å². The lowest BCUT2D eigenvalue weighted by atomic mass is 10.2. The maximum absolute atomic E-state index is 12.9. The topological polar surface area (TPSA) is 74.8 Å². The van der Waals surface area contributed by atoms with Crippen LogP contribution in [0.1, 0.15) is 16.8 Å². The van der Waals surface area contributed by atoms with Crippen molar-refractivity contribution >= 4 is 34.9 Å². The van der Waals surface area contributed by atoms with Crippen LogP contribution < -0.4 is 15.0 Å². The lowest BCUT2D eigenvalue weighted by Crippen LogP contribution is -2.35. The molecule has 0 aliphatic carbocycles.